The molecular weight excluding hydrogens is 664 g/mol. The van der Waals surface area contributed by atoms with E-state index in [1.165, 1.54) is 91.2 Å². The smallest absolute Gasteiger partial charge is 0.0921 e. The molecule has 0 saturated carbocycles. The van der Waals surface area contributed by atoms with Crippen molar-refractivity contribution in [1.82, 2.24) is 19.8 Å². The zero-order chi connectivity index (χ0) is 35.5. The average Bonchev–Trinajstić information content (AvgIpc) is 3.72. The lowest BCUT2D eigenvalue weighted by atomic mass is 9.94. The van der Waals surface area contributed by atoms with Gasteiger partial charge in [0.1, 0.15) is 0 Å². The third kappa shape index (κ3) is 5.17. The van der Waals surface area contributed by atoms with Crippen LogP contribution in [0.25, 0.3) is 71.8 Å². The number of aromatic nitrogens is 2. The average molecular weight is 703 g/mol. The van der Waals surface area contributed by atoms with Crippen molar-refractivity contribution in [3.05, 3.63) is 175 Å². The summed E-state index contributed by atoms with van der Waals surface area (Å²) in [5.74, 6) is 2.79. The van der Waals surface area contributed by atoms with Crippen LogP contribution in [0.15, 0.2) is 170 Å². The summed E-state index contributed by atoms with van der Waals surface area (Å²) in [6, 6.07) is 42.5. The zero-order valence-electron chi connectivity index (χ0n) is 29.6. The Morgan fingerprint density at radius 1 is 0.698 bits per heavy atom. The summed E-state index contributed by atoms with van der Waals surface area (Å²) in [6.45, 7) is 6.04. The van der Waals surface area contributed by atoms with Crippen LogP contribution in [0, 0.1) is 0 Å². The van der Waals surface area contributed by atoms with Crippen molar-refractivity contribution in [2.75, 3.05) is 0 Å². The summed E-state index contributed by atoms with van der Waals surface area (Å²) >= 11 is 0. The molecule has 4 nitrogen and oxygen atoms in total. The van der Waals surface area contributed by atoms with E-state index in [0.29, 0.717) is 11.8 Å². The molecule has 2 aromatic heterocycles. The highest BCUT2D eigenvalue weighted by Crippen LogP contribution is 2.42. The summed E-state index contributed by atoms with van der Waals surface area (Å²) < 4.78 is 4.90. The van der Waals surface area contributed by atoms with Gasteiger partial charge in [0.05, 0.1) is 45.3 Å². The molecule has 1 aliphatic carbocycles. The minimum absolute atomic E-state index is 0.373. The minimum Gasteiger partial charge on any atom is -0.374 e. The normalized spacial score (nSPS) is 18.9. The van der Waals surface area contributed by atoms with Crippen LogP contribution in [0.2, 0.25) is 0 Å². The number of para-hydroxylation sites is 3. The Hall–Kier alpha value is -6.09. The summed E-state index contributed by atoms with van der Waals surface area (Å²) in [4.78, 5) is 0. The molecule has 7 aromatic rings. The van der Waals surface area contributed by atoms with Crippen LogP contribution >= 0.6 is 8.20 Å². The number of nitrogens with one attached hydrogen (secondary N) is 2. The molecular formula is C48H39N4P. The summed E-state index contributed by atoms with van der Waals surface area (Å²) in [7, 11) is 1.36. The Balaban J connectivity index is 1.11. The third-order valence-corrected chi connectivity index (χ3v) is 12.3. The monoisotopic (exact) mass is 702 g/mol. The van der Waals surface area contributed by atoms with E-state index in [2.05, 4.69) is 179 Å². The van der Waals surface area contributed by atoms with E-state index < -0.39 is 0 Å². The van der Waals surface area contributed by atoms with Gasteiger partial charge in [0, 0.05) is 38.5 Å². The van der Waals surface area contributed by atoms with Crippen molar-refractivity contribution in [2.45, 2.75) is 31.6 Å². The maximum atomic E-state index is 3.88. The molecule has 5 heteroatoms. The largest absolute Gasteiger partial charge is 0.374 e. The minimum atomic E-state index is 0.373. The highest BCUT2D eigenvalue weighted by Gasteiger charge is 2.33. The maximum absolute atomic E-state index is 3.88. The number of hydrogen-bond acceptors (Lipinski definition) is 2. The number of allylic oxidation sites excluding steroid dienone is 9. The van der Waals surface area contributed by atoms with Crippen LogP contribution in [0.5, 0.6) is 0 Å². The van der Waals surface area contributed by atoms with E-state index in [1.807, 2.05) is 12.2 Å². The SMILES string of the molecule is C=C/C=C\C=C(\C)n1c2ccccc2c2cccc(-c3ccc4c(c3)c3ccccc3n4C3=CC=C(C4=C(c5ccccc5)NC5P=CC5N4)CC3)c21. The second-order valence-corrected chi connectivity index (χ2v) is 15.2. The van der Waals surface area contributed by atoms with Gasteiger partial charge in [0.25, 0.3) is 0 Å². The quantitative estimate of drug-likeness (QED) is 0.128. The van der Waals surface area contributed by atoms with Crippen molar-refractivity contribution in [1.29, 1.82) is 0 Å². The molecule has 0 spiro atoms. The van der Waals surface area contributed by atoms with E-state index in [9.17, 15) is 0 Å². The second kappa shape index (κ2) is 12.8. The van der Waals surface area contributed by atoms with Gasteiger partial charge in [-0.2, -0.15) is 0 Å². The van der Waals surface area contributed by atoms with Gasteiger partial charge in [-0.3, -0.25) is 0 Å². The highest BCUT2D eigenvalue weighted by molar-refractivity contribution is 7.42. The number of hydrogen-bond donors (Lipinski definition) is 2. The number of fused-ring (bicyclic) bond motifs is 7. The van der Waals surface area contributed by atoms with Crippen LogP contribution in [-0.4, -0.2) is 26.8 Å². The molecule has 2 N–H and O–H groups in total. The van der Waals surface area contributed by atoms with Crippen molar-refractivity contribution in [3.8, 4) is 11.1 Å². The lowest BCUT2D eigenvalue weighted by Gasteiger charge is -2.40. The number of rotatable bonds is 7. The Kier molecular flexibility index (Phi) is 7.66. The van der Waals surface area contributed by atoms with E-state index in [1.54, 1.807) is 0 Å². The van der Waals surface area contributed by atoms with Crippen LogP contribution in [0.4, 0.5) is 0 Å². The summed E-state index contributed by atoms with van der Waals surface area (Å²) in [5, 5.41) is 12.8. The van der Waals surface area contributed by atoms with Crippen LogP contribution in [0.3, 0.4) is 0 Å². The molecule has 0 radical (unpaired) electrons. The fourth-order valence-electron chi connectivity index (χ4n) is 8.48. The van der Waals surface area contributed by atoms with E-state index in [4.69, 9.17) is 0 Å². The molecule has 10 rings (SSSR count). The van der Waals surface area contributed by atoms with Gasteiger partial charge in [0.2, 0.25) is 0 Å². The third-order valence-electron chi connectivity index (χ3n) is 11.0. The fraction of sp³-hybridized carbons (Fsp3) is 0.104. The van der Waals surface area contributed by atoms with E-state index in [0.717, 1.165) is 18.5 Å². The number of nitrogens with zero attached hydrogens (tertiary/aromatic N) is 2. The van der Waals surface area contributed by atoms with Crippen LogP contribution < -0.4 is 10.6 Å². The predicted molar refractivity (Wildman–Crippen MR) is 229 cm³/mol. The van der Waals surface area contributed by atoms with E-state index >= 15 is 0 Å². The van der Waals surface area contributed by atoms with Gasteiger partial charge in [-0.15, -0.1) is 0 Å². The van der Waals surface area contributed by atoms with Crippen molar-refractivity contribution >= 4 is 74.7 Å². The number of benzene rings is 5. The molecule has 0 fully saturated rings. The standard InChI is InChI=1S/C48H39N4P/c1-3-4-6-14-31(2)51-42-21-11-9-17-37(42)39-20-13-19-36(47(39)51)34-25-28-44-40(29-34)38-18-10-12-22-43(38)52(44)35-26-23-33(24-27-35)45-46(32-15-7-5-8-16-32)50-48-41(49-45)30-53-48/h3-23,25-26,28-30,41,48-50H,1,24,27H2,2H3/b6-4-,31-14-. The first kappa shape index (κ1) is 31.6. The molecule has 0 saturated heterocycles. The molecule has 53 heavy (non-hydrogen) atoms. The molecule has 0 amide bonds. The second-order valence-electron chi connectivity index (χ2n) is 14.1. The first-order chi connectivity index (χ1) is 26.2. The molecule has 2 atom stereocenters. The molecule has 256 valence electrons. The van der Waals surface area contributed by atoms with Crippen molar-refractivity contribution in [3.63, 3.8) is 0 Å². The maximum Gasteiger partial charge on any atom is 0.0921 e. The van der Waals surface area contributed by atoms with Gasteiger partial charge >= 0.3 is 0 Å². The zero-order valence-corrected chi connectivity index (χ0v) is 30.5. The summed E-state index contributed by atoms with van der Waals surface area (Å²) in [6.07, 6.45) is 14.6. The van der Waals surface area contributed by atoms with Gasteiger partial charge < -0.3 is 19.8 Å². The Bertz CT molecular complexity index is 2820. The summed E-state index contributed by atoms with van der Waals surface area (Å²) in [5.41, 5.74) is 14.9. The lowest BCUT2D eigenvalue weighted by Crippen LogP contribution is -2.54. The topological polar surface area (TPSA) is 33.9 Å². The fourth-order valence-corrected chi connectivity index (χ4v) is 9.35. The van der Waals surface area contributed by atoms with Crippen molar-refractivity contribution < 1.29 is 0 Å². The first-order valence-electron chi connectivity index (χ1n) is 18.5. The molecule has 0 bridgehead atoms. The Morgan fingerprint density at radius 3 is 2.23 bits per heavy atom. The van der Waals surface area contributed by atoms with Crippen LogP contribution in [-0.2, 0) is 0 Å². The van der Waals surface area contributed by atoms with Gasteiger partial charge in [0.15, 0.2) is 0 Å². The van der Waals surface area contributed by atoms with Crippen LogP contribution in [0.1, 0.15) is 25.3 Å². The lowest BCUT2D eigenvalue weighted by molar-refractivity contribution is 0.595. The first-order valence-corrected chi connectivity index (χ1v) is 19.5. The van der Waals surface area contributed by atoms with Gasteiger partial charge in [-0.25, -0.2) is 0 Å². The molecule has 4 heterocycles. The molecule has 2 aliphatic heterocycles. The van der Waals surface area contributed by atoms with Gasteiger partial charge in [-0.1, -0.05) is 130 Å². The Labute approximate surface area is 311 Å². The van der Waals surface area contributed by atoms with Crippen molar-refractivity contribution in [2.24, 2.45) is 0 Å². The Morgan fingerprint density at radius 2 is 1.45 bits per heavy atom. The molecule has 5 aromatic carbocycles. The molecule has 2 unspecified atom stereocenters. The molecule has 3 aliphatic rings. The van der Waals surface area contributed by atoms with Gasteiger partial charge in [-0.05, 0) is 78.7 Å². The predicted octanol–water partition coefficient (Wildman–Crippen LogP) is 11.8. The highest BCUT2D eigenvalue weighted by atomic mass is 31.1. The van der Waals surface area contributed by atoms with E-state index in [-0.39, 0.29) is 0 Å².